The summed E-state index contributed by atoms with van der Waals surface area (Å²) in [6.07, 6.45) is 2.81. The zero-order chi connectivity index (χ0) is 39.2. The van der Waals surface area contributed by atoms with Crippen LogP contribution in [0.25, 0.3) is 0 Å². The molecular formula is C41H52BrN3O9. The van der Waals surface area contributed by atoms with Crippen LogP contribution in [0.3, 0.4) is 0 Å². The Hall–Kier alpha value is -4.04. The summed E-state index contributed by atoms with van der Waals surface area (Å²) in [6, 6.07) is 13.4. The minimum atomic E-state index is -1.42. The monoisotopic (exact) mass is 809 g/mol. The summed E-state index contributed by atoms with van der Waals surface area (Å²) in [6.45, 7) is 11.3. The first-order valence-corrected chi connectivity index (χ1v) is 19.3. The number of fused-ring (bicyclic) bond motifs is 1. The van der Waals surface area contributed by atoms with Crippen LogP contribution in [0.1, 0.15) is 51.2 Å². The second-order valence-electron chi connectivity index (χ2n) is 14.5. The second-order valence-corrected chi connectivity index (χ2v) is 15.7. The van der Waals surface area contributed by atoms with E-state index in [4.69, 9.17) is 18.9 Å². The third-order valence-electron chi connectivity index (χ3n) is 10.5. The van der Waals surface area contributed by atoms with Gasteiger partial charge in [0.1, 0.15) is 23.5 Å². The minimum Gasteiger partial charge on any atom is -0.497 e. The maximum absolute atomic E-state index is 15.1. The summed E-state index contributed by atoms with van der Waals surface area (Å²) in [5.74, 6) is -3.34. The van der Waals surface area contributed by atoms with Crippen LogP contribution in [-0.4, -0.2) is 102 Å². The molecule has 9 atom stereocenters. The van der Waals surface area contributed by atoms with E-state index in [9.17, 15) is 19.5 Å². The van der Waals surface area contributed by atoms with Crippen LogP contribution >= 0.6 is 15.9 Å². The summed E-state index contributed by atoms with van der Waals surface area (Å²) in [5, 5.41) is 13.7. The predicted molar refractivity (Wildman–Crippen MR) is 207 cm³/mol. The topological polar surface area (TPSA) is 144 Å². The van der Waals surface area contributed by atoms with Crippen LogP contribution in [0.5, 0.6) is 5.75 Å². The predicted octanol–water partition coefficient (Wildman–Crippen LogP) is 4.75. The Kier molecular flexibility index (Phi) is 13.8. The molecule has 0 radical (unpaired) electrons. The van der Waals surface area contributed by atoms with Gasteiger partial charge in [-0.25, -0.2) is 0 Å². The van der Waals surface area contributed by atoms with Crippen molar-refractivity contribution in [3.8, 4) is 5.75 Å². The number of alkyl halides is 1. The number of aliphatic hydroxyl groups is 1. The van der Waals surface area contributed by atoms with Crippen LogP contribution in [-0.2, 0) is 33.4 Å². The number of rotatable bonds is 19. The first-order valence-electron chi connectivity index (χ1n) is 18.4. The van der Waals surface area contributed by atoms with Crippen molar-refractivity contribution in [2.24, 2.45) is 17.8 Å². The van der Waals surface area contributed by atoms with Gasteiger partial charge in [0, 0.05) is 30.6 Å². The molecule has 3 aliphatic heterocycles. The number of aliphatic hydroxyl groups excluding tert-OH is 1. The van der Waals surface area contributed by atoms with Crippen molar-refractivity contribution in [3.63, 3.8) is 0 Å². The molecule has 54 heavy (non-hydrogen) atoms. The fraction of sp³-hybridized carbons (Fsp3) is 0.512. The lowest BCUT2D eigenvalue weighted by Gasteiger charge is -2.39. The van der Waals surface area contributed by atoms with Gasteiger partial charge >= 0.3 is 5.97 Å². The van der Waals surface area contributed by atoms with Gasteiger partial charge in [0.15, 0.2) is 0 Å². The number of anilines is 1. The number of nitrogens with one attached hydrogen (secondary N) is 1. The zero-order valence-corrected chi connectivity index (χ0v) is 33.0. The number of halogens is 1. The van der Waals surface area contributed by atoms with Gasteiger partial charge in [-0.2, -0.15) is 0 Å². The molecule has 2 bridgehead atoms. The first kappa shape index (κ1) is 41.1. The van der Waals surface area contributed by atoms with E-state index in [1.807, 2.05) is 19.9 Å². The molecule has 3 aliphatic rings. The van der Waals surface area contributed by atoms with Crippen LogP contribution < -0.4 is 15.0 Å². The van der Waals surface area contributed by atoms with Crippen LogP contribution in [0.4, 0.5) is 5.69 Å². The summed E-state index contributed by atoms with van der Waals surface area (Å²) in [7, 11) is 3.05. The molecule has 3 heterocycles. The van der Waals surface area contributed by atoms with E-state index < -0.39 is 77.0 Å². The van der Waals surface area contributed by atoms with Crippen LogP contribution in [0, 0.1) is 17.8 Å². The van der Waals surface area contributed by atoms with E-state index in [-0.39, 0.29) is 37.8 Å². The third-order valence-corrected chi connectivity index (χ3v) is 11.4. The zero-order valence-electron chi connectivity index (χ0n) is 31.4. The van der Waals surface area contributed by atoms with E-state index >= 15 is 4.79 Å². The van der Waals surface area contributed by atoms with Crippen molar-refractivity contribution < 1.29 is 43.2 Å². The largest absolute Gasteiger partial charge is 0.497 e. The highest BCUT2D eigenvalue weighted by Gasteiger charge is 2.77. The molecule has 2 N–H and O–H groups in total. The smallest absolute Gasteiger partial charge is 0.313 e. The van der Waals surface area contributed by atoms with Crippen molar-refractivity contribution >= 4 is 45.3 Å². The van der Waals surface area contributed by atoms with Crippen LogP contribution in [0.2, 0.25) is 0 Å². The van der Waals surface area contributed by atoms with E-state index in [1.54, 1.807) is 72.7 Å². The van der Waals surface area contributed by atoms with Gasteiger partial charge in [-0.3, -0.25) is 19.2 Å². The lowest BCUT2D eigenvalue weighted by molar-refractivity contribution is -0.163. The second kappa shape index (κ2) is 18.1. The average Bonchev–Trinajstić information content (AvgIpc) is 3.77. The summed E-state index contributed by atoms with van der Waals surface area (Å²) in [4.78, 5) is 60.3. The number of carbonyl (C=O) groups is 4. The number of allylic oxidation sites excluding steroid dienone is 1. The Morgan fingerprint density at radius 2 is 1.81 bits per heavy atom. The summed E-state index contributed by atoms with van der Waals surface area (Å²) in [5.41, 5.74) is -0.239. The molecule has 0 saturated carbocycles. The number of nitrogens with zero attached hydrogens (tertiary/aromatic N) is 2. The number of hydrogen-bond acceptors (Lipinski definition) is 9. The molecule has 292 valence electrons. The highest BCUT2D eigenvalue weighted by atomic mass is 79.9. The molecule has 12 nitrogen and oxygen atoms in total. The molecule has 1 spiro atoms. The normalized spacial score (nSPS) is 25.8. The number of benzene rings is 2. The number of amides is 3. The fourth-order valence-corrected chi connectivity index (χ4v) is 9.26. The summed E-state index contributed by atoms with van der Waals surface area (Å²) < 4.78 is 24.0. The Bertz CT molecular complexity index is 1660. The number of likely N-dealkylation sites (tertiary alicyclic amines) is 1. The Labute approximate surface area is 326 Å². The van der Waals surface area contributed by atoms with Crippen molar-refractivity contribution in [2.45, 2.75) is 80.3 Å². The summed E-state index contributed by atoms with van der Waals surface area (Å²) >= 11 is 3.74. The van der Waals surface area contributed by atoms with Gasteiger partial charge in [-0.15, -0.1) is 13.2 Å². The van der Waals surface area contributed by atoms with E-state index in [1.165, 1.54) is 12.0 Å². The van der Waals surface area contributed by atoms with E-state index in [0.717, 1.165) is 0 Å². The maximum atomic E-state index is 15.1. The van der Waals surface area contributed by atoms with Gasteiger partial charge in [0.05, 0.1) is 50.3 Å². The minimum absolute atomic E-state index is 0.0346. The average molecular weight is 811 g/mol. The Morgan fingerprint density at radius 1 is 1.11 bits per heavy atom. The van der Waals surface area contributed by atoms with E-state index in [0.29, 0.717) is 29.8 Å². The first-order chi connectivity index (χ1) is 26.0. The Morgan fingerprint density at radius 3 is 2.41 bits per heavy atom. The fourth-order valence-electron chi connectivity index (χ4n) is 8.32. The molecule has 3 saturated heterocycles. The van der Waals surface area contributed by atoms with Gasteiger partial charge < -0.3 is 39.2 Å². The SMILES string of the molecule is C=CCCC(=O)N[C@H](COC)[C@H](OC(=O)[C@@H]1[C@H]2O[C@@]3(CC2Br)[C@H](C(=O)N(CC=C)c2ccc(OC)cc2)N([C@@H](CO)CC(C)C)C(=O)[C@@H]13)c1ccccc1. The standard InChI is InChI=1S/C41H52BrN3O9/c1-7-9-15-32(47)43-31(24-51-5)35(26-13-11-10-12-14-26)53-40(50)33-34-38(48)45(28(23-46)21-25(3)4)37(41(34)22-30(42)36(33)54-41)39(49)44(20-8-2)27-16-18-29(52-6)19-17-27/h7-8,10-14,16-19,25,28,30-31,33-37,46H,1-2,9,15,20-24H2,3-6H3,(H,43,47)/t28-,30?,31-,33+,34-,35-,36+,37+,41-/m1/s1. The van der Waals surface area contributed by atoms with Gasteiger partial charge in [-0.1, -0.05) is 72.3 Å². The molecule has 2 aromatic rings. The lowest BCUT2D eigenvalue weighted by atomic mass is 9.70. The molecule has 3 fully saturated rings. The molecule has 1 unspecified atom stereocenters. The molecule has 0 aliphatic carbocycles. The third kappa shape index (κ3) is 8.14. The van der Waals surface area contributed by atoms with Crippen molar-refractivity contribution in [1.82, 2.24) is 10.2 Å². The van der Waals surface area contributed by atoms with Crippen molar-refractivity contribution in [1.29, 1.82) is 0 Å². The van der Waals surface area contributed by atoms with E-state index in [2.05, 4.69) is 34.4 Å². The number of esters is 1. The number of hydrogen-bond donors (Lipinski definition) is 2. The molecule has 5 rings (SSSR count). The maximum Gasteiger partial charge on any atom is 0.313 e. The van der Waals surface area contributed by atoms with Gasteiger partial charge in [0.25, 0.3) is 5.91 Å². The molecule has 3 amide bonds. The van der Waals surface area contributed by atoms with Gasteiger partial charge in [-0.05, 0) is 55.0 Å². The molecule has 2 aromatic carbocycles. The van der Waals surface area contributed by atoms with Gasteiger partial charge in [0.2, 0.25) is 11.8 Å². The molecule has 13 heteroatoms. The Balaban J connectivity index is 1.56. The quantitative estimate of drug-likeness (QED) is 0.117. The van der Waals surface area contributed by atoms with Crippen molar-refractivity contribution in [3.05, 3.63) is 85.5 Å². The number of methoxy groups -OCH3 is 2. The highest BCUT2D eigenvalue weighted by Crippen LogP contribution is 2.61. The highest BCUT2D eigenvalue weighted by molar-refractivity contribution is 9.09. The number of ether oxygens (including phenoxy) is 4. The molecule has 0 aromatic heterocycles. The number of carbonyl (C=O) groups excluding carboxylic acids is 4. The lowest BCUT2D eigenvalue weighted by Crippen LogP contribution is -2.59. The van der Waals surface area contributed by atoms with Crippen LogP contribution in [0.15, 0.2) is 79.9 Å². The molecular weight excluding hydrogens is 758 g/mol. The van der Waals surface area contributed by atoms with Crippen molar-refractivity contribution in [2.75, 3.05) is 38.9 Å².